The Hall–Kier alpha value is -2.17. The summed E-state index contributed by atoms with van der Waals surface area (Å²) in [5, 5.41) is 9.34. The van der Waals surface area contributed by atoms with E-state index in [4.69, 9.17) is 0 Å². The molecule has 2 N–H and O–H groups in total. The molecule has 0 saturated carbocycles. The molecule has 0 bridgehead atoms. The molecule has 1 heterocycles. The molecule has 0 spiro atoms. The standard InChI is InChI=1S/C13H14FN3O/c1-8-5-10(3-4-12(8)14)13(18)17-9(2)11-6-15-16-7-11/h3-7,9H,1-2H3,(H,15,16)(H,17,18). The SMILES string of the molecule is Cc1cc(C(=O)NC(C)c2cn[nH]c2)ccc1F. The van der Waals surface area contributed by atoms with E-state index in [-0.39, 0.29) is 17.8 Å². The Morgan fingerprint density at radius 1 is 1.50 bits per heavy atom. The van der Waals surface area contributed by atoms with Crippen LogP contribution in [-0.2, 0) is 0 Å². The Bertz CT molecular complexity index is 551. The van der Waals surface area contributed by atoms with Crippen molar-refractivity contribution in [1.82, 2.24) is 15.5 Å². The second-order valence-electron chi connectivity index (χ2n) is 4.19. The third-order valence-electron chi connectivity index (χ3n) is 2.79. The molecule has 1 amide bonds. The summed E-state index contributed by atoms with van der Waals surface area (Å²) in [6, 6.07) is 4.15. The summed E-state index contributed by atoms with van der Waals surface area (Å²) >= 11 is 0. The topological polar surface area (TPSA) is 57.8 Å². The predicted molar refractivity (Wildman–Crippen MR) is 65.6 cm³/mol. The number of amides is 1. The van der Waals surface area contributed by atoms with Crippen molar-refractivity contribution in [3.05, 3.63) is 53.1 Å². The van der Waals surface area contributed by atoms with E-state index < -0.39 is 0 Å². The van der Waals surface area contributed by atoms with E-state index in [2.05, 4.69) is 15.5 Å². The molecule has 4 nitrogen and oxygen atoms in total. The molecule has 0 aliphatic carbocycles. The van der Waals surface area contributed by atoms with Crippen LogP contribution in [0.3, 0.4) is 0 Å². The van der Waals surface area contributed by atoms with Crippen molar-refractivity contribution in [1.29, 1.82) is 0 Å². The summed E-state index contributed by atoms with van der Waals surface area (Å²) in [5.74, 6) is -0.541. The minimum Gasteiger partial charge on any atom is -0.345 e. The van der Waals surface area contributed by atoms with E-state index >= 15 is 0 Å². The number of rotatable bonds is 3. The summed E-state index contributed by atoms with van der Waals surface area (Å²) in [6.45, 7) is 3.49. The minimum absolute atomic E-state index is 0.151. The first-order valence-corrected chi connectivity index (χ1v) is 5.63. The molecule has 2 aromatic rings. The Labute approximate surface area is 104 Å². The zero-order valence-corrected chi connectivity index (χ0v) is 10.2. The first-order valence-electron chi connectivity index (χ1n) is 5.63. The van der Waals surface area contributed by atoms with Crippen molar-refractivity contribution in [2.75, 3.05) is 0 Å². The van der Waals surface area contributed by atoms with Crippen LogP contribution in [0.1, 0.15) is 34.5 Å². The van der Waals surface area contributed by atoms with Crippen LogP contribution in [0.2, 0.25) is 0 Å². The van der Waals surface area contributed by atoms with Crippen molar-refractivity contribution in [3.63, 3.8) is 0 Å². The second kappa shape index (κ2) is 5.00. The zero-order valence-electron chi connectivity index (χ0n) is 10.2. The lowest BCUT2D eigenvalue weighted by Crippen LogP contribution is -2.26. The van der Waals surface area contributed by atoms with Gasteiger partial charge >= 0.3 is 0 Å². The average Bonchev–Trinajstić information content (AvgIpc) is 2.86. The van der Waals surface area contributed by atoms with Gasteiger partial charge in [0.2, 0.25) is 0 Å². The molecule has 1 aromatic carbocycles. The first kappa shape index (κ1) is 12.3. The molecule has 0 saturated heterocycles. The van der Waals surface area contributed by atoms with Gasteiger partial charge in [0.05, 0.1) is 12.2 Å². The van der Waals surface area contributed by atoms with Crippen LogP contribution in [0.25, 0.3) is 0 Å². The van der Waals surface area contributed by atoms with Crippen molar-refractivity contribution in [2.45, 2.75) is 19.9 Å². The normalized spacial score (nSPS) is 12.2. The molecule has 2 rings (SSSR count). The van der Waals surface area contributed by atoms with E-state index in [1.165, 1.54) is 18.2 Å². The summed E-state index contributed by atoms with van der Waals surface area (Å²) in [5.41, 5.74) is 1.80. The van der Waals surface area contributed by atoms with Crippen LogP contribution in [0.4, 0.5) is 4.39 Å². The molecule has 0 aliphatic rings. The lowest BCUT2D eigenvalue weighted by molar-refractivity contribution is 0.0940. The molecule has 18 heavy (non-hydrogen) atoms. The molecule has 94 valence electrons. The highest BCUT2D eigenvalue weighted by molar-refractivity contribution is 5.94. The number of nitrogens with one attached hydrogen (secondary N) is 2. The fourth-order valence-corrected chi connectivity index (χ4v) is 1.65. The highest BCUT2D eigenvalue weighted by atomic mass is 19.1. The van der Waals surface area contributed by atoms with Crippen molar-refractivity contribution in [3.8, 4) is 0 Å². The number of carbonyl (C=O) groups excluding carboxylic acids is 1. The molecule has 1 aromatic heterocycles. The Morgan fingerprint density at radius 2 is 2.28 bits per heavy atom. The molecular formula is C13H14FN3O. The highest BCUT2D eigenvalue weighted by Gasteiger charge is 2.12. The molecule has 1 atom stereocenters. The molecule has 0 fully saturated rings. The maximum atomic E-state index is 13.1. The van der Waals surface area contributed by atoms with Gasteiger partial charge in [0.15, 0.2) is 0 Å². The maximum absolute atomic E-state index is 13.1. The van der Waals surface area contributed by atoms with Gasteiger partial charge in [0, 0.05) is 17.3 Å². The van der Waals surface area contributed by atoms with Gasteiger partial charge in [-0.2, -0.15) is 5.10 Å². The van der Waals surface area contributed by atoms with E-state index in [9.17, 15) is 9.18 Å². The number of aromatic amines is 1. The molecular weight excluding hydrogens is 233 g/mol. The second-order valence-corrected chi connectivity index (χ2v) is 4.19. The first-order chi connectivity index (χ1) is 8.58. The van der Waals surface area contributed by atoms with Crippen molar-refractivity contribution >= 4 is 5.91 Å². The Kier molecular flexibility index (Phi) is 3.41. The molecule has 0 aliphatic heterocycles. The predicted octanol–water partition coefficient (Wildman–Crippen LogP) is 2.35. The van der Waals surface area contributed by atoms with Crippen LogP contribution in [0, 0.1) is 12.7 Å². The fraction of sp³-hybridized carbons (Fsp3) is 0.231. The maximum Gasteiger partial charge on any atom is 0.251 e. The lowest BCUT2D eigenvalue weighted by Gasteiger charge is -2.12. The molecule has 5 heteroatoms. The minimum atomic E-state index is -0.311. The van der Waals surface area contributed by atoms with Crippen molar-refractivity contribution < 1.29 is 9.18 Å². The fourth-order valence-electron chi connectivity index (χ4n) is 1.65. The van der Waals surface area contributed by atoms with E-state index in [1.807, 2.05) is 6.92 Å². The lowest BCUT2D eigenvalue weighted by atomic mass is 10.1. The van der Waals surface area contributed by atoms with Crippen molar-refractivity contribution in [2.24, 2.45) is 0 Å². The number of benzene rings is 1. The van der Waals surface area contributed by atoms with Gasteiger partial charge < -0.3 is 5.32 Å². The molecule has 1 unspecified atom stereocenters. The average molecular weight is 247 g/mol. The zero-order chi connectivity index (χ0) is 13.1. The number of hydrogen-bond acceptors (Lipinski definition) is 2. The third kappa shape index (κ3) is 2.56. The Balaban J connectivity index is 2.10. The van der Waals surface area contributed by atoms with E-state index in [0.717, 1.165) is 5.56 Å². The van der Waals surface area contributed by atoms with E-state index in [1.54, 1.807) is 19.3 Å². The van der Waals surface area contributed by atoms with Crippen LogP contribution in [-0.4, -0.2) is 16.1 Å². The smallest absolute Gasteiger partial charge is 0.251 e. The van der Waals surface area contributed by atoms with Gasteiger partial charge in [-0.15, -0.1) is 0 Å². The molecule has 0 radical (unpaired) electrons. The van der Waals surface area contributed by atoms with Gasteiger partial charge in [-0.3, -0.25) is 9.89 Å². The van der Waals surface area contributed by atoms with Crippen LogP contribution in [0.15, 0.2) is 30.6 Å². The summed E-state index contributed by atoms with van der Waals surface area (Å²) in [6.07, 6.45) is 3.38. The third-order valence-corrected chi connectivity index (χ3v) is 2.79. The summed E-state index contributed by atoms with van der Waals surface area (Å²) in [7, 11) is 0. The number of carbonyl (C=O) groups is 1. The largest absolute Gasteiger partial charge is 0.345 e. The highest BCUT2D eigenvalue weighted by Crippen LogP contribution is 2.13. The number of H-pyrrole nitrogens is 1. The van der Waals surface area contributed by atoms with Crippen LogP contribution < -0.4 is 5.32 Å². The van der Waals surface area contributed by atoms with Gasteiger partial charge in [-0.05, 0) is 37.6 Å². The number of nitrogens with zero attached hydrogens (tertiary/aromatic N) is 1. The van der Waals surface area contributed by atoms with Crippen LogP contribution >= 0.6 is 0 Å². The quantitative estimate of drug-likeness (QED) is 0.874. The number of aryl methyl sites for hydroxylation is 1. The summed E-state index contributed by atoms with van der Waals surface area (Å²) in [4.78, 5) is 11.9. The number of aromatic nitrogens is 2. The number of halogens is 1. The van der Waals surface area contributed by atoms with Crippen LogP contribution in [0.5, 0.6) is 0 Å². The van der Waals surface area contributed by atoms with Gasteiger partial charge in [-0.25, -0.2) is 4.39 Å². The van der Waals surface area contributed by atoms with E-state index in [0.29, 0.717) is 11.1 Å². The van der Waals surface area contributed by atoms with Gasteiger partial charge in [0.1, 0.15) is 5.82 Å². The van der Waals surface area contributed by atoms with Gasteiger partial charge in [-0.1, -0.05) is 0 Å². The monoisotopic (exact) mass is 247 g/mol. The number of hydrogen-bond donors (Lipinski definition) is 2. The van der Waals surface area contributed by atoms with Gasteiger partial charge in [0.25, 0.3) is 5.91 Å². The summed E-state index contributed by atoms with van der Waals surface area (Å²) < 4.78 is 13.1. The Morgan fingerprint density at radius 3 is 2.89 bits per heavy atom.